The summed E-state index contributed by atoms with van der Waals surface area (Å²) in [6.45, 7) is 0. The average Bonchev–Trinajstić information content (AvgIpc) is 2.58. The van der Waals surface area contributed by atoms with Gasteiger partial charge in [-0.3, -0.25) is 4.79 Å². The molecule has 0 aliphatic carbocycles. The van der Waals surface area contributed by atoms with E-state index in [1.807, 2.05) is 12.1 Å². The fourth-order valence-corrected chi connectivity index (χ4v) is 2.83. The molecule has 0 bridgehead atoms. The van der Waals surface area contributed by atoms with Gasteiger partial charge in [-0.1, -0.05) is 48.5 Å². The second kappa shape index (κ2) is 6.32. The molecule has 6 heteroatoms. The number of benzene rings is 3. The van der Waals surface area contributed by atoms with Crippen molar-refractivity contribution in [2.75, 3.05) is 5.88 Å². The van der Waals surface area contributed by atoms with Crippen molar-refractivity contribution in [3.05, 3.63) is 60.2 Å². The van der Waals surface area contributed by atoms with E-state index in [0.717, 1.165) is 5.39 Å². The van der Waals surface area contributed by atoms with Gasteiger partial charge in [0.2, 0.25) is 6.10 Å². The van der Waals surface area contributed by atoms with E-state index >= 15 is 0 Å². The molecule has 0 aliphatic rings. The van der Waals surface area contributed by atoms with Gasteiger partial charge in [0.1, 0.15) is 5.88 Å². The number of carbonyl (C=O) groups excluding carboxylic acids is 1. The van der Waals surface area contributed by atoms with Crippen LogP contribution in [0.3, 0.4) is 0 Å². The van der Waals surface area contributed by atoms with E-state index in [2.05, 4.69) is 4.74 Å². The zero-order chi connectivity index (χ0) is 17.3. The highest BCUT2D eigenvalue weighted by Gasteiger charge is 2.44. The molecular formula is C18H12ClF3O2. The molecule has 0 aromatic heterocycles. The van der Waals surface area contributed by atoms with Gasteiger partial charge >= 0.3 is 12.1 Å². The maximum atomic E-state index is 13.5. The number of halogens is 4. The third-order valence-corrected chi connectivity index (χ3v) is 3.96. The van der Waals surface area contributed by atoms with Crippen LogP contribution in [0, 0.1) is 0 Å². The molecule has 0 heterocycles. The molecule has 0 amide bonds. The van der Waals surface area contributed by atoms with Crippen LogP contribution in [0.2, 0.25) is 0 Å². The molecule has 24 heavy (non-hydrogen) atoms. The van der Waals surface area contributed by atoms with Gasteiger partial charge in [0.15, 0.2) is 0 Å². The molecule has 0 radical (unpaired) electrons. The minimum atomic E-state index is -4.74. The van der Waals surface area contributed by atoms with Crippen molar-refractivity contribution in [1.82, 2.24) is 0 Å². The predicted octanol–water partition coefficient (Wildman–Crippen LogP) is 5.38. The molecule has 3 aromatic carbocycles. The summed E-state index contributed by atoms with van der Waals surface area (Å²) in [5, 5.41) is 2.53. The van der Waals surface area contributed by atoms with Crippen molar-refractivity contribution < 1.29 is 22.7 Å². The van der Waals surface area contributed by atoms with Crippen LogP contribution in [0.4, 0.5) is 13.2 Å². The Kier molecular flexibility index (Phi) is 4.37. The highest BCUT2D eigenvalue weighted by Crippen LogP contribution is 2.41. The maximum Gasteiger partial charge on any atom is 0.429 e. The quantitative estimate of drug-likeness (QED) is 0.359. The summed E-state index contributed by atoms with van der Waals surface area (Å²) in [4.78, 5) is 11.4. The smallest absolute Gasteiger partial charge is 0.429 e. The predicted molar refractivity (Wildman–Crippen MR) is 87.1 cm³/mol. The highest BCUT2D eigenvalue weighted by molar-refractivity contribution is 6.26. The van der Waals surface area contributed by atoms with Crippen LogP contribution in [-0.4, -0.2) is 18.0 Å². The number of ether oxygens (including phenoxy) is 1. The zero-order valence-electron chi connectivity index (χ0n) is 12.3. The molecule has 0 aliphatic heterocycles. The molecule has 0 N–H and O–H groups in total. The van der Waals surface area contributed by atoms with E-state index in [1.165, 1.54) is 6.07 Å². The fourth-order valence-electron chi connectivity index (χ4n) is 2.77. The Hall–Kier alpha value is -2.27. The summed E-state index contributed by atoms with van der Waals surface area (Å²) >= 11 is 5.31. The minimum Gasteiger partial charge on any atom is -0.447 e. The first-order valence-electron chi connectivity index (χ1n) is 7.14. The Morgan fingerprint density at radius 2 is 1.58 bits per heavy atom. The summed E-state index contributed by atoms with van der Waals surface area (Å²) < 4.78 is 45.1. The van der Waals surface area contributed by atoms with Crippen LogP contribution in [-0.2, 0) is 9.53 Å². The molecule has 1 atom stereocenters. The summed E-state index contributed by atoms with van der Waals surface area (Å²) in [6, 6.07) is 15.3. The number of esters is 1. The summed E-state index contributed by atoms with van der Waals surface area (Å²) in [5.74, 6) is -1.76. The topological polar surface area (TPSA) is 26.3 Å². The van der Waals surface area contributed by atoms with Crippen LogP contribution in [0.15, 0.2) is 54.6 Å². The average molecular weight is 353 g/mol. The van der Waals surface area contributed by atoms with Crippen molar-refractivity contribution in [1.29, 1.82) is 0 Å². The van der Waals surface area contributed by atoms with Gasteiger partial charge in [-0.05, 0) is 27.6 Å². The second-order valence-corrected chi connectivity index (χ2v) is 5.54. The Bertz CT molecular complexity index is 906. The number of hydrogen-bond acceptors (Lipinski definition) is 2. The van der Waals surface area contributed by atoms with Crippen LogP contribution < -0.4 is 0 Å². The number of carbonyl (C=O) groups is 1. The SMILES string of the molecule is O=C(CCl)O[C@H](c1cc2ccccc2c2ccccc12)C(F)(F)F. The van der Waals surface area contributed by atoms with Gasteiger partial charge in [0.05, 0.1) is 0 Å². The van der Waals surface area contributed by atoms with E-state index in [4.69, 9.17) is 11.6 Å². The summed E-state index contributed by atoms with van der Waals surface area (Å²) in [7, 11) is 0. The lowest BCUT2D eigenvalue weighted by atomic mass is 9.94. The lowest BCUT2D eigenvalue weighted by Gasteiger charge is -2.23. The van der Waals surface area contributed by atoms with E-state index < -0.39 is 24.1 Å². The number of fused-ring (bicyclic) bond motifs is 3. The standard InChI is InChI=1S/C18H12ClF3O2/c19-10-16(23)24-17(18(20,21)22)15-9-11-5-1-2-6-12(11)13-7-3-4-8-14(13)15/h1-9,17H,10H2/t17-/m1/s1. The van der Waals surface area contributed by atoms with Crippen molar-refractivity contribution in [2.24, 2.45) is 0 Å². The molecule has 2 nitrogen and oxygen atoms in total. The third-order valence-electron chi connectivity index (χ3n) is 3.74. The summed E-state index contributed by atoms with van der Waals surface area (Å²) in [5.41, 5.74) is -0.102. The highest BCUT2D eigenvalue weighted by atomic mass is 35.5. The molecule has 0 saturated heterocycles. The maximum absolute atomic E-state index is 13.5. The molecule has 3 rings (SSSR count). The summed E-state index contributed by atoms with van der Waals surface area (Å²) in [6.07, 6.45) is -7.11. The molecule has 0 spiro atoms. The largest absolute Gasteiger partial charge is 0.447 e. The first kappa shape index (κ1) is 16.6. The Morgan fingerprint density at radius 1 is 1.00 bits per heavy atom. The van der Waals surface area contributed by atoms with Crippen molar-refractivity contribution in [3.8, 4) is 0 Å². The molecular weight excluding hydrogens is 341 g/mol. The Morgan fingerprint density at radius 3 is 2.21 bits per heavy atom. The monoisotopic (exact) mass is 352 g/mol. The van der Waals surface area contributed by atoms with Crippen LogP contribution in [0.25, 0.3) is 21.5 Å². The first-order valence-corrected chi connectivity index (χ1v) is 7.68. The van der Waals surface area contributed by atoms with Gasteiger partial charge in [0.25, 0.3) is 0 Å². The van der Waals surface area contributed by atoms with E-state index in [-0.39, 0.29) is 5.56 Å². The minimum absolute atomic E-state index is 0.102. The number of alkyl halides is 4. The normalized spacial score (nSPS) is 13.2. The van der Waals surface area contributed by atoms with E-state index in [1.54, 1.807) is 36.4 Å². The fraction of sp³-hybridized carbons (Fsp3) is 0.167. The molecule has 0 fully saturated rings. The van der Waals surface area contributed by atoms with E-state index in [0.29, 0.717) is 16.2 Å². The molecule has 0 unspecified atom stereocenters. The zero-order valence-corrected chi connectivity index (χ0v) is 13.1. The van der Waals surface area contributed by atoms with Crippen molar-refractivity contribution in [3.63, 3.8) is 0 Å². The van der Waals surface area contributed by atoms with Crippen molar-refractivity contribution >= 4 is 39.1 Å². The van der Waals surface area contributed by atoms with E-state index in [9.17, 15) is 18.0 Å². The van der Waals surface area contributed by atoms with Crippen molar-refractivity contribution in [2.45, 2.75) is 12.3 Å². The molecule has 3 aromatic rings. The third kappa shape index (κ3) is 3.04. The second-order valence-electron chi connectivity index (χ2n) is 5.28. The molecule has 0 saturated carbocycles. The van der Waals surface area contributed by atoms with Gasteiger partial charge < -0.3 is 4.74 Å². The van der Waals surface area contributed by atoms with Crippen LogP contribution in [0.5, 0.6) is 0 Å². The first-order chi connectivity index (χ1) is 11.4. The Labute approximate surface area is 140 Å². The number of hydrogen-bond donors (Lipinski definition) is 0. The number of rotatable bonds is 3. The van der Waals surface area contributed by atoms with Gasteiger partial charge in [0, 0.05) is 5.56 Å². The lowest BCUT2D eigenvalue weighted by Crippen LogP contribution is -2.27. The van der Waals surface area contributed by atoms with Gasteiger partial charge in [-0.15, -0.1) is 11.6 Å². The Balaban J connectivity index is 2.30. The van der Waals surface area contributed by atoms with Crippen LogP contribution >= 0.6 is 11.6 Å². The van der Waals surface area contributed by atoms with Gasteiger partial charge in [-0.25, -0.2) is 0 Å². The lowest BCUT2D eigenvalue weighted by molar-refractivity contribution is -0.222. The van der Waals surface area contributed by atoms with Gasteiger partial charge in [-0.2, -0.15) is 13.2 Å². The van der Waals surface area contributed by atoms with Crippen LogP contribution in [0.1, 0.15) is 11.7 Å². The molecule has 124 valence electrons.